The molecular weight excluding hydrogens is 377 g/mol. The first kappa shape index (κ1) is 23.8. The molecule has 2 aromatic heterocycles. The van der Waals surface area contributed by atoms with Gasteiger partial charge in [0.2, 0.25) is 0 Å². The molecule has 0 unspecified atom stereocenters. The van der Waals surface area contributed by atoms with Gasteiger partial charge in [-0.25, -0.2) is 9.13 Å². The van der Waals surface area contributed by atoms with Gasteiger partial charge in [0.15, 0.2) is 37.9 Å². The Kier molecular flexibility index (Phi) is 11.9. The number of halogens is 2. The Hall–Kier alpha value is -2.22. The fraction of sp³-hybridized carbons (Fsp3) is 0.294. The molecule has 2 N–H and O–H groups in total. The van der Waals surface area contributed by atoms with Crippen LogP contribution < -0.4 is 33.9 Å². The van der Waals surface area contributed by atoms with E-state index in [9.17, 15) is 0 Å². The molecule has 2 heterocycles. The Labute approximate surface area is 165 Å². The highest BCUT2D eigenvalue weighted by Gasteiger charge is 2.07. The third-order valence-corrected chi connectivity index (χ3v) is 3.73. The van der Waals surface area contributed by atoms with Crippen LogP contribution in [0.5, 0.6) is 0 Å². The molecule has 0 aliphatic heterocycles. The average Bonchev–Trinajstić information content (AvgIpc) is 2.61. The van der Waals surface area contributed by atoms with Crippen LogP contribution in [0.15, 0.2) is 59.4 Å². The monoisotopic (exact) mass is 399 g/mol. The Balaban J connectivity index is 0.00000312. The largest absolute Gasteiger partial charge is 1.00 e. The molecule has 142 valence electrons. The zero-order valence-corrected chi connectivity index (χ0v) is 16.0. The first-order valence-electron chi connectivity index (χ1n) is 7.73. The lowest BCUT2D eigenvalue weighted by Crippen LogP contribution is -3.00. The molecule has 0 amide bonds. The highest BCUT2D eigenvalue weighted by atomic mass is 35.5. The zero-order valence-electron chi connectivity index (χ0n) is 14.5. The predicted molar refractivity (Wildman–Crippen MR) is 89.5 cm³/mol. The number of oxime groups is 2. The molecule has 0 fully saturated rings. The molecule has 0 atom stereocenters. The van der Waals surface area contributed by atoms with Crippen molar-refractivity contribution in [3.05, 3.63) is 60.2 Å². The van der Waals surface area contributed by atoms with Gasteiger partial charge in [0, 0.05) is 35.4 Å². The third-order valence-electron chi connectivity index (χ3n) is 3.73. The molecule has 2 aromatic rings. The van der Waals surface area contributed by atoms with Gasteiger partial charge in [0.05, 0.1) is 25.5 Å². The minimum atomic E-state index is 0. The number of pyridine rings is 2. The fourth-order valence-corrected chi connectivity index (χ4v) is 2.23. The summed E-state index contributed by atoms with van der Waals surface area (Å²) in [6.07, 6.45) is 10.7. The van der Waals surface area contributed by atoms with Crippen molar-refractivity contribution in [3.8, 4) is 0 Å². The van der Waals surface area contributed by atoms with E-state index >= 15 is 0 Å². The maximum atomic E-state index is 8.50. The molecule has 9 heteroatoms. The Morgan fingerprint density at radius 2 is 1.15 bits per heavy atom. The second-order valence-electron chi connectivity index (χ2n) is 5.53. The highest BCUT2D eigenvalue weighted by molar-refractivity contribution is 5.78. The number of hydrogen-bond donors (Lipinski definition) is 2. The lowest BCUT2D eigenvalue weighted by Gasteiger charge is -2.12. The first-order valence-corrected chi connectivity index (χ1v) is 7.73. The fourth-order valence-electron chi connectivity index (χ4n) is 2.23. The van der Waals surface area contributed by atoms with E-state index in [1.807, 2.05) is 49.1 Å². The summed E-state index contributed by atoms with van der Waals surface area (Å²) >= 11 is 0. The minimum Gasteiger partial charge on any atom is -1.00 e. The van der Waals surface area contributed by atoms with E-state index < -0.39 is 0 Å². The molecule has 0 aliphatic rings. The van der Waals surface area contributed by atoms with E-state index in [1.54, 1.807) is 0 Å². The van der Waals surface area contributed by atoms with E-state index in [0.29, 0.717) is 0 Å². The van der Waals surface area contributed by atoms with Crippen molar-refractivity contribution in [3.63, 3.8) is 0 Å². The Morgan fingerprint density at radius 3 is 1.46 bits per heavy atom. The lowest BCUT2D eigenvalue weighted by atomic mass is 10.3. The predicted octanol–water partition coefficient (Wildman–Crippen LogP) is -5.48. The molecule has 0 aromatic carbocycles. The van der Waals surface area contributed by atoms with E-state index in [4.69, 9.17) is 10.4 Å². The lowest BCUT2D eigenvalue weighted by molar-refractivity contribution is -0.701. The molecule has 0 saturated heterocycles. The van der Waals surface area contributed by atoms with Gasteiger partial charge in [-0.05, 0) is 7.05 Å². The van der Waals surface area contributed by atoms with E-state index in [0.717, 1.165) is 37.3 Å². The van der Waals surface area contributed by atoms with Crippen molar-refractivity contribution in [2.75, 3.05) is 20.1 Å². The summed E-state index contributed by atoms with van der Waals surface area (Å²) in [4.78, 5) is 2.27. The quantitative estimate of drug-likeness (QED) is 0.201. The minimum absolute atomic E-state index is 0. The van der Waals surface area contributed by atoms with Crippen LogP contribution in [-0.4, -0.2) is 47.9 Å². The third kappa shape index (κ3) is 8.24. The number of aromatic nitrogens is 2. The van der Waals surface area contributed by atoms with Crippen molar-refractivity contribution in [2.24, 2.45) is 10.3 Å². The average molecular weight is 400 g/mol. The van der Waals surface area contributed by atoms with Crippen LogP contribution >= 0.6 is 0 Å². The Bertz CT molecular complexity index is 619. The second-order valence-corrected chi connectivity index (χ2v) is 5.53. The number of nitrogens with zero attached hydrogens (tertiary/aromatic N) is 5. The summed E-state index contributed by atoms with van der Waals surface area (Å²) in [5, 5.41) is 23.0. The summed E-state index contributed by atoms with van der Waals surface area (Å²) in [7, 11) is 2.10. The van der Waals surface area contributed by atoms with Crippen molar-refractivity contribution in [1.82, 2.24) is 4.90 Å². The van der Waals surface area contributed by atoms with E-state index in [-0.39, 0.29) is 24.8 Å². The van der Waals surface area contributed by atoms with Crippen LogP contribution in [0.3, 0.4) is 0 Å². The summed E-state index contributed by atoms with van der Waals surface area (Å²) in [6, 6.07) is 7.64. The van der Waals surface area contributed by atoms with Crippen molar-refractivity contribution >= 4 is 12.4 Å². The highest BCUT2D eigenvalue weighted by Crippen LogP contribution is 1.92. The van der Waals surface area contributed by atoms with Crippen LogP contribution in [0, 0.1) is 0 Å². The van der Waals surface area contributed by atoms with Gasteiger partial charge in [0.25, 0.3) is 0 Å². The molecular formula is C17H23Cl2N5O2. The molecule has 0 aliphatic carbocycles. The van der Waals surface area contributed by atoms with Crippen LogP contribution in [0.1, 0.15) is 11.1 Å². The van der Waals surface area contributed by atoms with Crippen LogP contribution in [0.25, 0.3) is 0 Å². The Morgan fingerprint density at radius 1 is 0.808 bits per heavy atom. The molecule has 0 radical (unpaired) electrons. The summed E-state index contributed by atoms with van der Waals surface area (Å²) in [6.45, 7) is 3.66. The van der Waals surface area contributed by atoms with Crippen LogP contribution in [0.2, 0.25) is 0 Å². The van der Waals surface area contributed by atoms with Crippen molar-refractivity contribution < 1.29 is 44.4 Å². The molecule has 0 bridgehead atoms. The van der Waals surface area contributed by atoms with Gasteiger partial charge in [-0.2, -0.15) is 0 Å². The van der Waals surface area contributed by atoms with Crippen LogP contribution in [0.4, 0.5) is 0 Å². The van der Waals surface area contributed by atoms with Gasteiger partial charge in [0.1, 0.15) is 0 Å². The van der Waals surface area contributed by atoms with E-state index in [1.165, 1.54) is 12.4 Å². The molecule has 0 saturated carbocycles. The maximum Gasteiger partial charge on any atom is 0.169 e. The normalized spacial score (nSPS) is 10.8. The first-order chi connectivity index (χ1) is 11.7. The number of likely N-dealkylation sites (N-methyl/N-ethyl adjacent to an activating group) is 1. The van der Waals surface area contributed by atoms with Gasteiger partial charge >= 0.3 is 0 Å². The molecule has 26 heavy (non-hydrogen) atoms. The van der Waals surface area contributed by atoms with Crippen LogP contribution in [-0.2, 0) is 13.1 Å². The number of hydrogen-bond acceptors (Lipinski definition) is 5. The van der Waals surface area contributed by atoms with Gasteiger partial charge in [-0.3, -0.25) is 4.90 Å². The smallest absolute Gasteiger partial charge is 0.169 e. The standard InChI is InChI=1S/C17H21N5O2.2ClH/c1-20(10-12-21-6-2-16(3-7-21)14-18-23)11-13-22-8-4-17(5-9-22)15-19-24;;/h2-9,14-15H,10-13H2,1H3;2*1H. The second kappa shape index (κ2) is 13.0. The summed E-state index contributed by atoms with van der Waals surface area (Å²) in [5.41, 5.74) is 1.74. The zero-order chi connectivity index (χ0) is 17.2. The van der Waals surface area contributed by atoms with Crippen molar-refractivity contribution in [1.29, 1.82) is 0 Å². The van der Waals surface area contributed by atoms with Gasteiger partial charge in [-0.15, -0.1) is 0 Å². The molecule has 7 nitrogen and oxygen atoms in total. The van der Waals surface area contributed by atoms with E-state index in [2.05, 4.69) is 31.4 Å². The maximum absolute atomic E-state index is 8.50. The summed E-state index contributed by atoms with van der Waals surface area (Å²) < 4.78 is 4.20. The van der Waals surface area contributed by atoms with Gasteiger partial charge < -0.3 is 35.2 Å². The number of rotatable bonds is 8. The molecule has 2 rings (SSSR count). The summed E-state index contributed by atoms with van der Waals surface area (Å²) in [5.74, 6) is 0. The SMILES string of the molecule is CN(CC[n+]1ccc(/C=N\O)cc1)CC[n+]1ccc(/C=N\O)cc1.[Cl-].[Cl-]. The topological polar surface area (TPSA) is 76.2 Å². The molecule has 0 spiro atoms. The van der Waals surface area contributed by atoms with Crippen molar-refractivity contribution in [2.45, 2.75) is 13.1 Å². The van der Waals surface area contributed by atoms with Gasteiger partial charge in [-0.1, -0.05) is 10.3 Å².